The molecule has 0 aliphatic heterocycles. The molecule has 1 unspecified atom stereocenters. The van der Waals surface area contributed by atoms with E-state index in [0.29, 0.717) is 6.42 Å². The summed E-state index contributed by atoms with van der Waals surface area (Å²) in [5.74, 6) is -1.81. The lowest BCUT2D eigenvalue weighted by Crippen LogP contribution is -2.34. The fourth-order valence-corrected chi connectivity index (χ4v) is 0.833. The van der Waals surface area contributed by atoms with Crippen LogP contribution in [-0.4, -0.2) is 34.2 Å². The molecular weight excluding hydrogens is 224 g/mol. The van der Waals surface area contributed by atoms with E-state index in [1.165, 1.54) is 0 Å². The van der Waals surface area contributed by atoms with Crippen LogP contribution < -0.4 is 11.5 Å². The Morgan fingerprint density at radius 3 is 1.76 bits per heavy atom. The van der Waals surface area contributed by atoms with Crippen molar-refractivity contribution in [3.63, 3.8) is 0 Å². The van der Waals surface area contributed by atoms with Gasteiger partial charge in [-0.25, -0.2) is 0 Å². The van der Waals surface area contributed by atoms with E-state index in [1.54, 1.807) is 13.8 Å². The maximum Gasteiger partial charge on any atom is 0.320 e. The average Bonchev–Trinajstić information content (AvgIpc) is 2.25. The zero-order valence-electron chi connectivity index (χ0n) is 10.7. The smallest absolute Gasteiger partial charge is 0.320 e. The van der Waals surface area contributed by atoms with Gasteiger partial charge in [0, 0.05) is 0 Å². The fraction of sp³-hybridized carbons (Fsp3) is 0.818. The zero-order chi connectivity index (χ0) is 14.0. The van der Waals surface area contributed by atoms with Gasteiger partial charge < -0.3 is 21.7 Å². The summed E-state index contributed by atoms with van der Waals surface area (Å²) in [6.07, 6.45) is 2.49. The molecule has 0 heterocycles. The summed E-state index contributed by atoms with van der Waals surface area (Å²) in [6, 6.07) is -1.38. The lowest BCUT2D eigenvalue weighted by atomic mass is 10.1. The topological polar surface area (TPSA) is 127 Å². The van der Waals surface area contributed by atoms with Gasteiger partial charge in [0.15, 0.2) is 0 Å². The first-order chi connectivity index (χ1) is 7.73. The molecule has 0 aromatic rings. The van der Waals surface area contributed by atoms with Crippen molar-refractivity contribution >= 4 is 11.9 Å². The fourth-order valence-electron chi connectivity index (χ4n) is 0.833. The molecule has 6 heteroatoms. The summed E-state index contributed by atoms with van der Waals surface area (Å²) >= 11 is 0. The Morgan fingerprint density at radius 1 is 1.12 bits per heavy atom. The van der Waals surface area contributed by atoms with E-state index in [0.717, 1.165) is 12.8 Å². The van der Waals surface area contributed by atoms with Crippen LogP contribution in [0.3, 0.4) is 0 Å². The van der Waals surface area contributed by atoms with E-state index in [9.17, 15) is 9.59 Å². The third kappa shape index (κ3) is 11.1. The van der Waals surface area contributed by atoms with E-state index in [2.05, 4.69) is 0 Å². The molecule has 0 spiro atoms. The van der Waals surface area contributed by atoms with Crippen LogP contribution in [0, 0.1) is 5.92 Å². The summed E-state index contributed by atoms with van der Waals surface area (Å²) in [4.78, 5) is 20.1. The van der Waals surface area contributed by atoms with Crippen molar-refractivity contribution in [3.05, 3.63) is 0 Å². The minimum Gasteiger partial charge on any atom is -0.480 e. The van der Waals surface area contributed by atoms with Crippen molar-refractivity contribution in [1.29, 1.82) is 0 Å². The van der Waals surface area contributed by atoms with Gasteiger partial charge >= 0.3 is 11.9 Å². The molecular formula is C11H24N2O4. The Hall–Kier alpha value is -1.14. The minimum absolute atomic E-state index is 0.0208. The van der Waals surface area contributed by atoms with E-state index in [1.807, 2.05) is 6.92 Å². The molecule has 17 heavy (non-hydrogen) atoms. The van der Waals surface area contributed by atoms with Gasteiger partial charge in [-0.05, 0) is 12.3 Å². The van der Waals surface area contributed by atoms with Crippen LogP contribution in [0.1, 0.15) is 40.0 Å². The van der Waals surface area contributed by atoms with Crippen LogP contribution >= 0.6 is 0 Å². The van der Waals surface area contributed by atoms with Crippen molar-refractivity contribution < 1.29 is 19.8 Å². The first-order valence-electron chi connectivity index (χ1n) is 5.70. The molecule has 0 fully saturated rings. The van der Waals surface area contributed by atoms with E-state index < -0.39 is 24.0 Å². The molecule has 0 saturated heterocycles. The van der Waals surface area contributed by atoms with Crippen LogP contribution in [0.25, 0.3) is 0 Å². The average molecular weight is 248 g/mol. The number of nitrogens with two attached hydrogens (primary N) is 2. The summed E-state index contributed by atoms with van der Waals surface area (Å²) < 4.78 is 0. The van der Waals surface area contributed by atoms with Gasteiger partial charge in [0.1, 0.15) is 12.1 Å². The SMILES string of the molecule is CC(C)[C@H](N)C(=O)O.CCCCC(N)C(=O)O. The Kier molecular flexibility index (Phi) is 10.8. The molecule has 6 nitrogen and oxygen atoms in total. The van der Waals surface area contributed by atoms with Gasteiger partial charge in [0.25, 0.3) is 0 Å². The number of hydrogen-bond acceptors (Lipinski definition) is 4. The van der Waals surface area contributed by atoms with Crippen LogP contribution in [0.5, 0.6) is 0 Å². The highest BCUT2D eigenvalue weighted by Crippen LogP contribution is 1.97. The van der Waals surface area contributed by atoms with Crippen LogP contribution in [0.2, 0.25) is 0 Å². The molecule has 6 N–H and O–H groups in total. The van der Waals surface area contributed by atoms with E-state index in [-0.39, 0.29) is 5.92 Å². The second-order valence-corrected chi connectivity index (χ2v) is 4.19. The third-order valence-corrected chi connectivity index (χ3v) is 2.19. The Bertz CT molecular complexity index is 232. The predicted molar refractivity (Wildman–Crippen MR) is 65.6 cm³/mol. The quantitative estimate of drug-likeness (QED) is 0.546. The van der Waals surface area contributed by atoms with Gasteiger partial charge in [-0.3, -0.25) is 9.59 Å². The standard InChI is InChI=1S/C6H13NO2.C5H11NO2/c1-2-3-4-5(7)6(8)9;1-3(2)4(6)5(7)8/h5H,2-4,7H2,1H3,(H,8,9);3-4H,6H2,1-2H3,(H,7,8)/t;4-/m.0/s1. The van der Waals surface area contributed by atoms with Gasteiger partial charge in [-0.1, -0.05) is 33.6 Å². The Morgan fingerprint density at radius 2 is 1.59 bits per heavy atom. The van der Waals surface area contributed by atoms with E-state index >= 15 is 0 Å². The molecule has 0 aliphatic rings. The Labute approximate surface area is 102 Å². The van der Waals surface area contributed by atoms with E-state index in [4.69, 9.17) is 21.7 Å². The highest BCUT2D eigenvalue weighted by atomic mass is 16.4. The highest BCUT2D eigenvalue weighted by molar-refractivity contribution is 5.73. The van der Waals surface area contributed by atoms with Crippen LogP contribution in [0.15, 0.2) is 0 Å². The molecule has 0 rings (SSSR count). The van der Waals surface area contributed by atoms with Crippen molar-refractivity contribution in [1.82, 2.24) is 0 Å². The zero-order valence-corrected chi connectivity index (χ0v) is 10.7. The minimum atomic E-state index is -0.931. The number of carboxylic acids is 2. The Balaban J connectivity index is 0. The van der Waals surface area contributed by atoms with Gasteiger partial charge in [0.05, 0.1) is 0 Å². The first-order valence-corrected chi connectivity index (χ1v) is 5.70. The number of rotatable bonds is 6. The molecule has 0 aromatic carbocycles. The number of carboxylic acid groups (broad SMARTS) is 2. The maximum atomic E-state index is 10.1. The highest BCUT2D eigenvalue weighted by Gasteiger charge is 2.14. The number of carbonyl (C=O) groups is 2. The van der Waals surface area contributed by atoms with Crippen molar-refractivity contribution in [3.8, 4) is 0 Å². The maximum absolute atomic E-state index is 10.1. The van der Waals surface area contributed by atoms with Crippen molar-refractivity contribution in [2.45, 2.75) is 52.1 Å². The van der Waals surface area contributed by atoms with Crippen molar-refractivity contribution in [2.75, 3.05) is 0 Å². The predicted octanol–water partition coefficient (Wildman–Crippen LogP) is 0.643. The molecule has 0 aromatic heterocycles. The first kappa shape index (κ1) is 18.2. The molecule has 0 saturated carbocycles. The van der Waals surface area contributed by atoms with Gasteiger partial charge in [-0.15, -0.1) is 0 Å². The largest absolute Gasteiger partial charge is 0.480 e. The molecule has 0 aliphatic carbocycles. The summed E-state index contributed by atoms with van der Waals surface area (Å²) in [6.45, 7) is 5.56. The molecule has 2 atom stereocenters. The van der Waals surface area contributed by atoms with Crippen LogP contribution in [-0.2, 0) is 9.59 Å². The number of unbranched alkanes of at least 4 members (excludes halogenated alkanes) is 1. The molecule has 102 valence electrons. The second-order valence-electron chi connectivity index (χ2n) is 4.19. The van der Waals surface area contributed by atoms with Gasteiger partial charge in [-0.2, -0.15) is 0 Å². The number of aliphatic carboxylic acids is 2. The summed E-state index contributed by atoms with van der Waals surface area (Å²) in [7, 11) is 0. The van der Waals surface area contributed by atoms with Crippen molar-refractivity contribution in [2.24, 2.45) is 17.4 Å². The molecule has 0 amide bonds. The summed E-state index contributed by atoms with van der Waals surface area (Å²) in [5.41, 5.74) is 10.4. The number of hydrogen-bond donors (Lipinski definition) is 4. The molecule has 0 radical (unpaired) electrons. The third-order valence-electron chi connectivity index (χ3n) is 2.19. The summed E-state index contributed by atoms with van der Waals surface area (Å²) in [5, 5.41) is 16.5. The van der Waals surface area contributed by atoms with Gasteiger partial charge in [0.2, 0.25) is 0 Å². The molecule has 0 bridgehead atoms. The lowest BCUT2D eigenvalue weighted by molar-refractivity contribution is -0.140. The second kappa shape index (κ2) is 10.0. The van der Waals surface area contributed by atoms with Crippen LogP contribution in [0.4, 0.5) is 0 Å². The normalized spacial score (nSPS) is 13.5. The lowest BCUT2D eigenvalue weighted by Gasteiger charge is -2.07. The monoisotopic (exact) mass is 248 g/mol.